The lowest BCUT2D eigenvalue weighted by molar-refractivity contribution is 0.360. The van der Waals surface area contributed by atoms with Crippen LogP contribution in [0.5, 0.6) is 11.5 Å². The molecular weight excluding hydrogens is 351 g/mol. The number of nitrogens with one attached hydrogen (secondary N) is 1. The maximum absolute atomic E-state index is 6.28. The maximum Gasteiger partial charge on any atom is 0.195 e. The number of allylic oxidation sites excluding steroid dienone is 1. The summed E-state index contributed by atoms with van der Waals surface area (Å²) in [6, 6.07) is 9.00. The molecule has 1 heterocycles. The molecule has 0 saturated carbocycles. The highest BCUT2D eigenvalue weighted by molar-refractivity contribution is 6.31. The van der Waals surface area contributed by atoms with E-state index < -0.39 is 0 Å². The van der Waals surface area contributed by atoms with Gasteiger partial charge in [0.2, 0.25) is 0 Å². The van der Waals surface area contributed by atoms with Crippen LogP contribution in [-0.2, 0) is 0 Å². The Kier molecular flexibility index (Phi) is 6.84. The molecule has 1 aromatic heterocycles. The molecule has 24 heavy (non-hydrogen) atoms. The third-order valence-electron chi connectivity index (χ3n) is 2.86. The lowest BCUT2D eigenvalue weighted by Crippen LogP contribution is -2.25. The fraction of sp³-hybridized carbons (Fsp3) is 0.188. The zero-order valence-electron chi connectivity index (χ0n) is 13.2. The lowest BCUT2D eigenvalue weighted by Gasteiger charge is -2.13. The first-order chi connectivity index (χ1) is 11.7. The van der Waals surface area contributed by atoms with Crippen LogP contribution in [0.1, 0.15) is 12.7 Å². The molecule has 0 atom stereocenters. The zero-order valence-corrected chi connectivity index (χ0v) is 14.7. The van der Waals surface area contributed by atoms with Gasteiger partial charge in [-0.2, -0.15) is 0 Å². The zero-order chi connectivity index (χ0) is 17.4. The van der Waals surface area contributed by atoms with E-state index in [-0.39, 0.29) is 11.2 Å². The number of amidine groups is 1. The van der Waals surface area contributed by atoms with Gasteiger partial charge in [-0.3, -0.25) is 0 Å². The van der Waals surface area contributed by atoms with Gasteiger partial charge in [0.25, 0.3) is 0 Å². The molecule has 2 aromatic rings. The minimum atomic E-state index is 0.0389. The van der Waals surface area contributed by atoms with Crippen molar-refractivity contribution in [2.75, 3.05) is 13.1 Å². The van der Waals surface area contributed by atoms with Gasteiger partial charge in [-0.15, -0.1) is 11.6 Å². The number of nitrogens with zero attached hydrogens (tertiary/aromatic N) is 3. The van der Waals surface area contributed by atoms with Gasteiger partial charge >= 0.3 is 0 Å². The third kappa shape index (κ3) is 4.84. The molecular formula is C16H16Cl2N4O2. The fourth-order valence-electron chi connectivity index (χ4n) is 1.75. The smallest absolute Gasteiger partial charge is 0.195 e. The second kappa shape index (κ2) is 9.10. The van der Waals surface area contributed by atoms with Crippen LogP contribution in [0.15, 0.2) is 58.6 Å². The number of para-hydroxylation sites is 2. The molecule has 8 heteroatoms. The topological polar surface area (TPSA) is 68.6 Å². The standard InChI is InChI=1S/C16H16Cl2N4O2/c1-11(24-13-7-4-3-6-12(13)23-2)14(18)22-16(21-10-17)15-19-8-5-9-20-15/h3-9H,10H2,1-2H3,(H,21,22)/b14-11+. The van der Waals surface area contributed by atoms with Gasteiger partial charge in [-0.1, -0.05) is 23.7 Å². The van der Waals surface area contributed by atoms with Gasteiger partial charge in [0.15, 0.2) is 23.2 Å². The number of halogens is 2. The Labute approximate surface area is 150 Å². The van der Waals surface area contributed by atoms with E-state index in [1.165, 1.54) is 0 Å². The molecule has 1 N–H and O–H groups in total. The molecule has 0 bridgehead atoms. The molecule has 6 nitrogen and oxygen atoms in total. The van der Waals surface area contributed by atoms with Crippen molar-refractivity contribution >= 4 is 29.0 Å². The van der Waals surface area contributed by atoms with Crippen molar-refractivity contribution in [2.24, 2.45) is 4.99 Å². The van der Waals surface area contributed by atoms with Crippen molar-refractivity contribution in [1.29, 1.82) is 0 Å². The highest BCUT2D eigenvalue weighted by Crippen LogP contribution is 2.28. The summed E-state index contributed by atoms with van der Waals surface area (Å²) in [5.74, 6) is 2.30. The second-order valence-electron chi connectivity index (χ2n) is 4.45. The summed E-state index contributed by atoms with van der Waals surface area (Å²) < 4.78 is 11.0. The van der Waals surface area contributed by atoms with E-state index in [1.54, 1.807) is 44.6 Å². The van der Waals surface area contributed by atoms with Crippen molar-refractivity contribution in [3.05, 3.63) is 59.5 Å². The molecule has 0 radical (unpaired) electrons. The molecule has 0 saturated heterocycles. The lowest BCUT2D eigenvalue weighted by atomic mass is 10.3. The monoisotopic (exact) mass is 366 g/mol. The molecule has 1 aromatic carbocycles. The molecule has 0 aliphatic heterocycles. The summed E-state index contributed by atoms with van der Waals surface area (Å²) >= 11 is 12.0. The van der Waals surface area contributed by atoms with E-state index in [9.17, 15) is 0 Å². The van der Waals surface area contributed by atoms with E-state index in [4.69, 9.17) is 32.7 Å². The number of ether oxygens (including phenoxy) is 2. The van der Waals surface area contributed by atoms with Crippen LogP contribution in [0, 0.1) is 0 Å². The van der Waals surface area contributed by atoms with Crippen LogP contribution in [0.25, 0.3) is 0 Å². The summed E-state index contributed by atoms with van der Waals surface area (Å²) in [5.41, 5.74) is 0. The molecule has 0 aliphatic rings. The first-order valence-electron chi connectivity index (χ1n) is 6.97. The Balaban J connectivity index is 2.20. The Morgan fingerprint density at radius 3 is 2.46 bits per heavy atom. The molecule has 0 aliphatic carbocycles. The van der Waals surface area contributed by atoms with Crippen LogP contribution < -0.4 is 14.8 Å². The first-order valence-corrected chi connectivity index (χ1v) is 7.89. The molecule has 0 amide bonds. The number of rotatable bonds is 6. The first kappa shape index (κ1) is 18.0. The molecule has 0 unspecified atom stereocenters. The number of aromatic nitrogens is 2. The Morgan fingerprint density at radius 2 is 1.83 bits per heavy atom. The summed E-state index contributed by atoms with van der Waals surface area (Å²) in [7, 11) is 1.57. The predicted octanol–water partition coefficient (Wildman–Crippen LogP) is 3.52. The summed E-state index contributed by atoms with van der Waals surface area (Å²) in [5, 5.41) is 3.15. The van der Waals surface area contributed by atoms with Crippen molar-refractivity contribution < 1.29 is 9.47 Å². The summed E-state index contributed by atoms with van der Waals surface area (Å²) in [6.07, 6.45) is 3.20. The highest BCUT2D eigenvalue weighted by Gasteiger charge is 2.11. The number of alkyl halides is 1. The van der Waals surface area contributed by atoms with E-state index in [1.807, 2.05) is 12.1 Å². The fourth-order valence-corrected chi connectivity index (χ4v) is 2.00. The predicted molar refractivity (Wildman–Crippen MR) is 94.6 cm³/mol. The SMILES string of the molecule is COc1ccccc1O/C(C)=C(\Cl)N/C(=N\CCl)c1ncccn1. The van der Waals surface area contributed by atoms with E-state index >= 15 is 0 Å². The van der Waals surface area contributed by atoms with E-state index in [0.717, 1.165) is 0 Å². The number of benzene rings is 1. The molecule has 2 rings (SSSR count). The van der Waals surface area contributed by atoms with Gasteiger partial charge < -0.3 is 14.8 Å². The highest BCUT2D eigenvalue weighted by atomic mass is 35.5. The number of methoxy groups -OCH3 is 1. The van der Waals surface area contributed by atoms with Crippen LogP contribution >= 0.6 is 23.2 Å². The van der Waals surface area contributed by atoms with Gasteiger partial charge in [-0.05, 0) is 25.1 Å². The van der Waals surface area contributed by atoms with Crippen molar-refractivity contribution in [3.8, 4) is 11.5 Å². The van der Waals surface area contributed by atoms with Crippen LogP contribution in [0.4, 0.5) is 0 Å². The largest absolute Gasteiger partial charge is 0.493 e. The Bertz CT molecular complexity index is 736. The van der Waals surface area contributed by atoms with E-state index in [2.05, 4.69) is 20.3 Å². The van der Waals surface area contributed by atoms with Crippen LogP contribution in [0.3, 0.4) is 0 Å². The van der Waals surface area contributed by atoms with Crippen LogP contribution in [-0.4, -0.2) is 28.9 Å². The second-order valence-corrected chi connectivity index (χ2v) is 5.06. The number of hydrogen-bond donors (Lipinski definition) is 1. The number of hydrogen-bond acceptors (Lipinski definition) is 5. The van der Waals surface area contributed by atoms with E-state index in [0.29, 0.717) is 28.9 Å². The van der Waals surface area contributed by atoms with Crippen molar-refractivity contribution in [1.82, 2.24) is 15.3 Å². The van der Waals surface area contributed by atoms with Gasteiger partial charge in [0.1, 0.15) is 16.9 Å². The van der Waals surface area contributed by atoms with Crippen molar-refractivity contribution in [2.45, 2.75) is 6.92 Å². The van der Waals surface area contributed by atoms with Gasteiger partial charge in [0.05, 0.1) is 7.11 Å². The summed E-state index contributed by atoms with van der Waals surface area (Å²) in [4.78, 5) is 12.3. The Hall–Kier alpha value is -2.31. The van der Waals surface area contributed by atoms with Gasteiger partial charge in [-0.25, -0.2) is 15.0 Å². The third-order valence-corrected chi connectivity index (χ3v) is 3.34. The molecule has 0 fully saturated rings. The molecule has 126 valence electrons. The van der Waals surface area contributed by atoms with Crippen molar-refractivity contribution in [3.63, 3.8) is 0 Å². The normalized spacial score (nSPS) is 12.4. The quantitative estimate of drug-likeness (QED) is 0.278. The molecule has 0 spiro atoms. The average Bonchev–Trinajstić information content (AvgIpc) is 2.62. The summed E-state index contributed by atoms with van der Waals surface area (Å²) in [6.45, 7) is 1.71. The minimum Gasteiger partial charge on any atom is -0.493 e. The average molecular weight is 367 g/mol. The number of aliphatic imine (C=N–C) groups is 1. The van der Waals surface area contributed by atoms with Crippen LogP contribution in [0.2, 0.25) is 0 Å². The van der Waals surface area contributed by atoms with Gasteiger partial charge in [0, 0.05) is 12.4 Å². The minimum absolute atomic E-state index is 0.0389. The maximum atomic E-state index is 6.28. The Morgan fingerprint density at radius 1 is 1.17 bits per heavy atom.